The standard InChI is InChI=1S/C19H21N5O5/c1-4-29-15-8-5-11(10-16(15)28-3)17(20)19-21-18(22-23-19)12-6-7-14(27-2)13(9-12)24(25)26/h5-10,17H,4,20H2,1-3H3,(H,21,22,23)/t17-/m1/s1. The van der Waals surface area contributed by atoms with Crippen LogP contribution in [-0.4, -0.2) is 40.9 Å². The van der Waals surface area contributed by atoms with Gasteiger partial charge >= 0.3 is 5.69 Å². The van der Waals surface area contributed by atoms with Crippen LogP contribution in [0.1, 0.15) is 24.4 Å². The number of hydrogen-bond donors (Lipinski definition) is 2. The first-order chi connectivity index (χ1) is 14.0. The Balaban J connectivity index is 1.90. The number of nitrogens with zero attached hydrogens (tertiary/aromatic N) is 3. The summed E-state index contributed by atoms with van der Waals surface area (Å²) in [7, 11) is 2.92. The van der Waals surface area contributed by atoms with Crippen molar-refractivity contribution in [2.24, 2.45) is 5.73 Å². The summed E-state index contributed by atoms with van der Waals surface area (Å²) in [5.74, 6) is 2.04. The van der Waals surface area contributed by atoms with Crippen LogP contribution < -0.4 is 19.9 Å². The Kier molecular flexibility index (Phi) is 5.93. The number of nitrogens with one attached hydrogen (secondary N) is 1. The number of nitro groups is 1. The molecule has 0 fully saturated rings. The molecule has 3 aromatic rings. The highest BCUT2D eigenvalue weighted by Crippen LogP contribution is 2.33. The highest BCUT2D eigenvalue weighted by molar-refractivity contribution is 5.63. The van der Waals surface area contributed by atoms with E-state index in [2.05, 4.69) is 15.2 Å². The van der Waals surface area contributed by atoms with E-state index in [9.17, 15) is 10.1 Å². The SMILES string of the molecule is CCOc1ccc([C@@H](N)c2nc(-c3ccc(OC)c([N+](=O)[O-])c3)n[nH]2)cc1OC. The first-order valence-corrected chi connectivity index (χ1v) is 8.79. The van der Waals surface area contributed by atoms with Crippen molar-refractivity contribution in [1.82, 2.24) is 15.2 Å². The lowest BCUT2D eigenvalue weighted by atomic mass is 10.1. The molecule has 29 heavy (non-hydrogen) atoms. The van der Waals surface area contributed by atoms with Gasteiger partial charge in [-0.1, -0.05) is 6.07 Å². The Labute approximate surface area is 166 Å². The predicted molar refractivity (Wildman–Crippen MR) is 105 cm³/mol. The number of benzene rings is 2. The third-order valence-corrected chi connectivity index (χ3v) is 4.28. The van der Waals surface area contributed by atoms with Crippen LogP contribution in [0.5, 0.6) is 17.2 Å². The predicted octanol–water partition coefficient (Wildman–Crippen LogP) is 2.84. The molecule has 0 saturated carbocycles. The zero-order valence-corrected chi connectivity index (χ0v) is 16.2. The number of aromatic nitrogens is 3. The van der Waals surface area contributed by atoms with Crippen molar-refractivity contribution in [2.75, 3.05) is 20.8 Å². The molecule has 0 bridgehead atoms. The Morgan fingerprint density at radius 3 is 2.52 bits per heavy atom. The number of nitrogens with two attached hydrogens (primary N) is 1. The molecule has 3 N–H and O–H groups in total. The van der Waals surface area contributed by atoms with Gasteiger partial charge in [0.15, 0.2) is 23.1 Å². The molecule has 152 valence electrons. The fourth-order valence-electron chi connectivity index (χ4n) is 2.82. The summed E-state index contributed by atoms with van der Waals surface area (Å²) in [6, 6.07) is 9.27. The smallest absolute Gasteiger partial charge is 0.311 e. The monoisotopic (exact) mass is 399 g/mol. The molecule has 1 atom stereocenters. The maximum absolute atomic E-state index is 11.2. The average Bonchev–Trinajstić information content (AvgIpc) is 3.23. The van der Waals surface area contributed by atoms with Gasteiger partial charge in [0.05, 0.1) is 31.8 Å². The van der Waals surface area contributed by atoms with Gasteiger partial charge < -0.3 is 19.9 Å². The van der Waals surface area contributed by atoms with Gasteiger partial charge in [-0.05, 0) is 36.8 Å². The Hall–Kier alpha value is -3.66. The second kappa shape index (κ2) is 8.57. The highest BCUT2D eigenvalue weighted by Gasteiger charge is 2.20. The largest absolute Gasteiger partial charge is 0.493 e. The lowest BCUT2D eigenvalue weighted by molar-refractivity contribution is -0.385. The topological polar surface area (TPSA) is 138 Å². The van der Waals surface area contributed by atoms with Gasteiger partial charge in [-0.2, -0.15) is 5.10 Å². The van der Waals surface area contributed by atoms with E-state index in [1.54, 1.807) is 25.3 Å². The molecule has 0 amide bonds. The van der Waals surface area contributed by atoms with Crippen molar-refractivity contribution in [3.8, 4) is 28.6 Å². The fourth-order valence-corrected chi connectivity index (χ4v) is 2.82. The number of aromatic amines is 1. The normalized spacial score (nSPS) is 11.7. The zero-order chi connectivity index (χ0) is 21.0. The van der Waals surface area contributed by atoms with Crippen molar-refractivity contribution in [3.05, 3.63) is 57.9 Å². The lowest BCUT2D eigenvalue weighted by Gasteiger charge is -2.13. The summed E-state index contributed by atoms with van der Waals surface area (Å²) in [6.07, 6.45) is 0. The van der Waals surface area contributed by atoms with Crippen LogP contribution in [-0.2, 0) is 0 Å². The third kappa shape index (κ3) is 4.11. The molecule has 1 aromatic heterocycles. The summed E-state index contributed by atoms with van der Waals surface area (Å²) in [5, 5.41) is 18.2. The Morgan fingerprint density at radius 1 is 1.14 bits per heavy atom. The molecule has 1 heterocycles. The van der Waals surface area contributed by atoms with E-state index in [0.29, 0.717) is 35.3 Å². The highest BCUT2D eigenvalue weighted by atomic mass is 16.6. The molecule has 0 aliphatic heterocycles. The maximum atomic E-state index is 11.2. The Morgan fingerprint density at radius 2 is 1.86 bits per heavy atom. The van der Waals surface area contributed by atoms with Crippen LogP contribution in [0.25, 0.3) is 11.4 Å². The summed E-state index contributed by atoms with van der Waals surface area (Å²) < 4.78 is 15.9. The van der Waals surface area contributed by atoms with E-state index < -0.39 is 11.0 Å². The number of hydrogen-bond acceptors (Lipinski definition) is 8. The number of H-pyrrole nitrogens is 1. The van der Waals surface area contributed by atoms with E-state index in [0.717, 1.165) is 5.56 Å². The van der Waals surface area contributed by atoms with E-state index >= 15 is 0 Å². The van der Waals surface area contributed by atoms with Gasteiger partial charge in [0.2, 0.25) is 0 Å². The number of ether oxygens (including phenoxy) is 3. The molecule has 10 nitrogen and oxygen atoms in total. The van der Waals surface area contributed by atoms with E-state index in [-0.39, 0.29) is 11.4 Å². The molecule has 10 heteroatoms. The minimum atomic E-state index is -0.603. The van der Waals surface area contributed by atoms with Gasteiger partial charge in [0.1, 0.15) is 5.82 Å². The van der Waals surface area contributed by atoms with Crippen LogP contribution in [0.3, 0.4) is 0 Å². The van der Waals surface area contributed by atoms with Crippen molar-refractivity contribution < 1.29 is 19.1 Å². The van der Waals surface area contributed by atoms with Crippen molar-refractivity contribution >= 4 is 5.69 Å². The molecule has 0 saturated heterocycles. The maximum Gasteiger partial charge on any atom is 0.311 e. The van der Waals surface area contributed by atoms with Gasteiger partial charge in [0.25, 0.3) is 0 Å². The van der Waals surface area contributed by atoms with Crippen molar-refractivity contribution in [2.45, 2.75) is 13.0 Å². The molecule has 3 rings (SSSR count). The van der Waals surface area contributed by atoms with Crippen LogP contribution >= 0.6 is 0 Å². The average molecular weight is 399 g/mol. The fraction of sp³-hybridized carbons (Fsp3) is 0.263. The first-order valence-electron chi connectivity index (χ1n) is 8.79. The van der Waals surface area contributed by atoms with Crippen LogP contribution in [0.15, 0.2) is 36.4 Å². The van der Waals surface area contributed by atoms with Crippen molar-refractivity contribution in [1.29, 1.82) is 0 Å². The summed E-state index contributed by atoms with van der Waals surface area (Å²) in [5.41, 5.74) is 7.36. The molecule has 0 aliphatic carbocycles. The summed E-state index contributed by atoms with van der Waals surface area (Å²) in [4.78, 5) is 15.1. The molecule has 0 radical (unpaired) electrons. The molecular weight excluding hydrogens is 378 g/mol. The second-order valence-corrected chi connectivity index (χ2v) is 6.01. The number of methoxy groups -OCH3 is 2. The lowest BCUT2D eigenvalue weighted by Crippen LogP contribution is -2.14. The number of nitro benzene ring substituents is 1. The third-order valence-electron chi connectivity index (χ3n) is 4.28. The van der Waals surface area contributed by atoms with Crippen molar-refractivity contribution in [3.63, 3.8) is 0 Å². The van der Waals surface area contributed by atoms with E-state index in [1.165, 1.54) is 19.2 Å². The molecule has 0 spiro atoms. The molecule has 2 aromatic carbocycles. The molecular formula is C19H21N5O5. The summed E-state index contributed by atoms with van der Waals surface area (Å²) in [6.45, 7) is 2.40. The van der Waals surface area contributed by atoms with Crippen LogP contribution in [0.4, 0.5) is 5.69 Å². The Bertz CT molecular complexity index is 1020. The van der Waals surface area contributed by atoms with Gasteiger partial charge in [0, 0.05) is 11.6 Å². The molecule has 0 unspecified atom stereocenters. The van der Waals surface area contributed by atoms with E-state index in [4.69, 9.17) is 19.9 Å². The zero-order valence-electron chi connectivity index (χ0n) is 16.2. The first kappa shape index (κ1) is 20.1. The number of rotatable bonds is 8. The van der Waals surface area contributed by atoms with E-state index in [1.807, 2.05) is 13.0 Å². The van der Waals surface area contributed by atoms with Crippen LogP contribution in [0, 0.1) is 10.1 Å². The second-order valence-electron chi connectivity index (χ2n) is 6.01. The summed E-state index contributed by atoms with van der Waals surface area (Å²) >= 11 is 0. The quantitative estimate of drug-likeness (QED) is 0.435. The van der Waals surface area contributed by atoms with Gasteiger partial charge in [-0.15, -0.1) is 0 Å². The minimum absolute atomic E-state index is 0.160. The van der Waals surface area contributed by atoms with Gasteiger partial charge in [-0.25, -0.2) is 4.98 Å². The van der Waals surface area contributed by atoms with Crippen LogP contribution in [0.2, 0.25) is 0 Å². The minimum Gasteiger partial charge on any atom is -0.493 e. The van der Waals surface area contributed by atoms with Gasteiger partial charge in [-0.3, -0.25) is 15.2 Å². The molecule has 0 aliphatic rings.